The van der Waals surface area contributed by atoms with Gasteiger partial charge in [0, 0.05) is 34.8 Å². The second-order valence-electron chi connectivity index (χ2n) is 5.65. The number of aliphatic carboxylic acids is 1. The van der Waals surface area contributed by atoms with E-state index in [1.807, 2.05) is 24.3 Å². The van der Waals surface area contributed by atoms with E-state index in [-0.39, 0.29) is 12.1 Å². The summed E-state index contributed by atoms with van der Waals surface area (Å²) in [6.45, 7) is 1.60. The first-order chi connectivity index (χ1) is 11.5. The topological polar surface area (TPSA) is 127 Å². The molecule has 1 aliphatic rings. The third-order valence-corrected chi connectivity index (χ3v) is 4.23. The third-order valence-electron chi connectivity index (χ3n) is 4.23. The number of hydrazone groups is 1. The lowest BCUT2D eigenvalue weighted by atomic mass is 9.83. The normalized spacial score (nSPS) is 19.2. The minimum absolute atomic E-state index is 0.0986. The maximum Gasteiger partial charge on any atom is 0.308 e. The highest BCUT2D eigenvalue weighted by Crippen LogP contribution is 2.27. The molecule has 1 aromatic heterocycles. The zero-order chi connectivity index (χ0) is 17.3. The molecule has 0 radical (unpaired) electrons. The first-order valence-electron chi connectivity index (χ1n) is 7.37. The number of fused-ring (bicyclic) bond motifs is 1. The molecule has 1 aliphatic heterocycles. The minimum Gasteiger partial charge on any atom is -0.481 e. The molecule has 3 rings (SSSR count). The molecule has 0 saturated carbocycles. The van der Waals surface area contributed by atoms with Crippen molar-refractivity contribution >= 4 is 34.2 Å². The molecule has 0 bridgehead atoms. The fourth-order valence-electron chi connectivity index (χ4n) is 3.02. The molecular formula is C16H16N4O4. The Morgan fingerprint density at radius 3 is 2.79 bits per heavy atom. The van der Waals surface area contributed by atoms with E-state index in [0.29, 0.717) is 11.3 Å². The van der Waals surface area contributed by atoms with Gasteiger partial charge in [0.2, 0.25) is 5.91 Å². The van der Waals surface area contributed by atoms with Crippen LogP contribution in [0.1, 0.15) is 18.9 Å². The third kappa shape index (κ3) is 2.62. The van der Waals surface area contributed by atoms with E-state index in [1.165, 1.54) is 0 Å². The highest BCUT2D eigenvalue weighted by atomic mass is 16.4. The average Bonchev–Trinajstić information content (AvgIpc) is 3.13. The van der Waals surface area contributed by atoms with Crippen LogP contribution in [0.4, 0.5) is 0 Å². The van der Waals surface area contributed by atoms with Gasteiger partial charge in [0.05, 0.1) is 17.5 Å². The number of oxime groups is 1. The number of para-hydroxylation sites is 1. The molecular weight excluding hydrogens is 312 g/mol. The Balaban J connectivity index is 1.95. The van der Waals surface area contributed by atoms with Crippen molar-refractivity contribution in [3.63, 3.8) is 0 Å². The van der Waals surface area contributed by atoms with Crippen molar-refractivity contribution in [3.8, 4) is 0 Å². The number of carboxylic acid groups (broad SMARTS) is 1. The van der Waals surface area contributed by atoms with Crippen LogP contribution in [-0.4, -0.2) is 38.6 Å². The molecule has 2 atom stereocenters. The van der Waals surface area contributed by atoms with Crippen LogP contribution in [0.5, 0.6) is 0 Å². The number of aromatic amines is 1. The van der Waals surface area contributed by atoms with Gasteiger partial charge < -0.3 is 15.3 Å². The zero-order valence-corrected chi connectivity index (χ0v) is 12.9. The summed E-state index contributed by atoms with van der Waals surface area (Å²) in [6.07, 6.45) is 1.56. The zero-order valence-electron chi connectivity index (χ0n) is 12.9. The molecule has 2 unspecified atom stereocenters. The van der Waals surface area contributed by atoms with Crippen molar-refractivity contribution in [2.75, 3.05) is 0 Å². The summed E-state index contributed by atoms with van der Waals surface area (Å²) < 4.78 is 0. The molecule has 124 valence electrons. The van der Waals surface area contributed by atoms with Crippen LogP contribution in [0.3, 0.4) is 0 Å². The predicted octanol–water partition coefficient (Wildman–Crippen LogP) is 1.56. The van der Waals surface area contributed by atoms with Gasteiger partial charge in [-0.1, -0.05) is 23.4 Å². The largest absolute Gasteiger partial charge is 0.481 e. The average molecular weight is 328 g/mol. The molecule has 24 heavy (non-hydrogen) atoms. The molecule has 0 aliphatic carbocycles. The predicted molar refractivity (Wildman–Crippen MR) is 87.1 cm³/mol. The van der Waals surface area contributed by atoms with Gasteiger partial charge in [0.25, 0.3) is 0 Å². The number of nitrogens with zero attached hydrogens (tertiary/aromatic N) is 2. The lowest BCUT2D eigenvalue weighted by Crippen LogP contribution is -2.36. The maximum atomic E-state index is 11.9. The second kappa shape index (κ2) is 6.15. The Morgan fingerprint density at radius 1 is 1.42 bits per heavy atom. The number of carboxylic acids is 1. The van der Waals surface area contributed by atoms with Gasteiger partial charge in [-0.25, -0.2) is 5.43 Å². The lowest BCUT2D eigenvalue weighted by Gasteiger charge is -2.18. The first-order valence-corrected chi connectivity index (χ1v) is 7.37. The smallest absolute Gasteiger partial charge is 0.308 e. The van der Waals surface area contributed by atoms with Crippen molar-refractivity contribution in [2.24, 2.45) is 22.1 Å². The maximum absolute atomic E-state index is 11.9. The highest BCUT2D eigenvalue weighted by Gasteiger charge is 2.40. The van der Waals surface area contributed by atoms with Crippen molar-refractivity contribution in [2.45, 2.75) is 13.3 Å². The van der Waals surface area contributed by atoms with Gasteiger partial charge in [0.1, 0.15) is 0 Å². The Kier molecular flexibility index (Phi) is 4.03. The number of nitrogens with one attached hydrogen (secondary N) is 2. The standard InChI is InChI=1S/C16H16N4O4/c1-8-14(15(21)19-18-8)10(16(22)23)6-13(20-24)11-7-17-12-5-3-2-4-9(11)12/h2-5,7,10,14,17,24H,6H2,1H3,(H,19,21)(H,22,23)/b20-13-. The van der Waals surface area contributed by atoms with Crippen LogP contribution >= 0.6 is 0 Å². The van der Waals surface area contributed by atoms with Crippen LogP contribution in [-0.2, 0) is 9.59 Å². The summed E-state index contributed by atoms with van der Waals surface area (Å²) in [4.78, 5) is 26.6. The van der Waals surface area contributed by atoms with Gasteiger partial charge in [-0.05, 0) is 13.0 Å². The van der Waals surface area contributed by atoms with E-state index in [0.717, 1.165) is 10.9 Å². The molecule has 1 amide bonds. The fraction of sp³-hybridized carbons (Fsp3) is 0.250. The van der Waals surface area contributed by atoms with Crippen molar-refractivity contribution in [1.82, 2.24) is 10.4 Å². The molecule has 0 saturated heterocycles. The van der Waals surface area contributed by atoms with Crippen molar-refractivity contribution < 1.29 is 19.9 Å². The highest BCUT2D eigenvalue weighted by molar-refractivity contribution is 6.14. The summed E-state index contributed by atoms with van der Waals surface area (Å²) in [5.74, 6) is -3.57. The van der Waals surface area contributed by atoms with Crippen molar-refractivity contribution in [1.29, 1.82) is 0 Å². The van der Waals surface area contributed by atoms with E-state index in [4.69, 9.17) is 0 Å². The molecule has 2 aromatic rings. The summed E-state index contributed by atoms with van der Waals surface area (Å²) in [5, 5.41) is 26.9. The van der Waals surface area contributed by atoms with E-state index >= 15 is 0 Å². The quantitative estimate of drug-likeness (QED) is 0.377. The van der Waals surface area contributed by atoms with Crippen LogP contribution < -0.4 is 5.43 Å². The first kappa shape index (κ1) is 15.7. The molecule has 0 spiro atoms. The number of benzene rings is 1. The summed E-state index contributed by atoms with van der Waals surface area (Å²) >= 11 is 0. The minimum atomic E-state index is -1.15. The van der Waals surface area contributed by atoms with Crippen LogP contribution in [0.25, 0.3) is 10.9 Å². The van der Waals surface area contributed by atoms with Gasteiger partial charge in [0.15, 0.2) is 0 Å². The molecule has 1 aromatic carbocycles. The Morgan fingerprint density at radius 2 is 2.17 bits per heavy atom. The van der Waals surface area contributed by atoms with Gasteiger partial charge in [-0.2, -0.15) is 5.10 Å². The second-order valence-corrected chi connectivity index (χ2v) is 5.65. The van der Waals surface area contributed by atoms with Gasteiger partial charge >= 0.3 is 5.97 Å². The number of hydrogen-bond acceptors (Lipinski definition) is 5. The van der Waals surface area contributed by atoms with Crippen molar-refractivity contribution in [3.05, 3.63) is 36.0 Å². The fourth-order valence-corrected chi connectivity index (χ4v) is 3.02. The number of rotatable bonds is 5. The van der Waals surface area contributed by atoms with E-state index in [2.05, 4.69) is 20.7 Å². The Hall–Kier alpha value is -3.16. The molecule has 8 nitrogen and oxygen atoms in total. The number of carbonyl (C=O) groups excluding carboxylic acids is 1. The van der Waals surface area contributed by atoms with E-state index in [1.54, 1.807) is 13.1 Å². The Bertz CT molecular complexity index is 868. The lowest BCUT2D eigenvalue weighted by molar-refractivity contribution is -0.145. The summed E-state index contributed by atoms with van der Waals surface area (Å²) in [6, 6.07) is 7.41. The molecule has 2 heterocycles. The number of aromatic nitrogens is 1. The van der Waals surface area contributed by atoms with Crippen LogP contribution in [0.15, 0.2) is 40.7 Å². The van der Waals surface area contributed by atoms with Gasteiger partial charge in [-0.15, -0.1) is 0 Å². The molecule has 8 heteroatoms. The summed E-state index contributed by atoms with van der Waals surface area (Å²) in [7, 11) is 0. The molecule has 4 N–H and O–H groups in total. The van der Waals surface area contributed by atoms with E-state index in [9.17, 15) is 19.9 Å². The monoisotopic (exact) mass is 328 g/mol. The van der Waals surface area contributed by atoms with Crippen LogP contribution in [0.2, 0.25) is 0 Å². The SMILES string of the molecule is CC1=NNC(=O)C1C(C/C(=N/O)c1c[nH]c2ccccc12)C(=O)O. The number of amides is 1. The number of H-pyrrole nitrogens is 1. The van der Waals surface area contributed by atoms with Gasteiger partial charge in [-0.3, -0.25) is 9.59 Å². The number of hydrogen-bond donors (Lipinski definition) is 4. The van der Waals surface area contributed by atoms with E-state index < -0.39 is 23.7 Å². The van der Waals surface area contributed by atoms with Crippen LogP contribution in [0, 0.1) is 11.8 Å². The number of carbonyl (C=O) groups is 2. The summed E-state index contributed by atoms with van der Waals surface area (Å²) in [5.41, 5.74) is 4.34. The molecule has 0 fully saturated rings. The Labute approximate surface area is 136 Å².